The highest BCUT2D eigenvalue weighted by molar-refractivity contribution is 5.98. The third-order valence-electron chi connectivity index (χ3n) is 4.23. The molecular formula is C17H23N5O. The van der Waals surface area contributed by atoms with Crippen LogP contribution < -0.4 is 11.1 Å². The van der Waals surface area contributed by atoms with Crippen molar-refractivity contribution < 1.29 is 4.79 Å². The first kappa shape index (κ1) is 15.7. The Morgan fingerprint density at radius 2 is 2.26 bits per heavy atom. The van der Waals surface area contributed by atoms with Crippen LogP contribution in [0.5, 0.6) is 0 Å². The van der Waals surface area contributed by atoms with Crippen molar-refractivity contribution >= 4 is 5.91 Å². The van der Waals surface area contributed by atoms with E-state index in [1.807, 2.05) is 35.0 Å². The normalized spacial score (nSPS) is 18.8. The molecule has 0 radical (unpaired) electrons. The van der Waals surface area contributed by atoms with E-state index in [0.717, 1.165) is 37.3 Å². The highest BCUT2D eigenvalue weighted by atomic mass is 16.1. The Labute approximate surface area is 136 Å². The molecular weight excluding hydrogens is 290 g/mol. The second kappa shape index (κ2) is 6.93. The first-order valence-corrected chi connectivity index (χ1v) is 7.99. The van der Waals surface area contributed by atoms with Gasteiger partial charge in [-0.05, 0) is 38.6 Å². The van der Waals surface area contributed by atoms with E-state index in [0.29, 0.717) is 12.1 Å². The lowest BCUT2D eigenvalue weighted by atomic mass is 10.1. The van der Waals surface area contributed by atoms with Gasteiger partial charge < -0.3 is 20.5 Å². The van der Waals surface area contributed by atoms with Gasteiger partial charge in [-0.25, -0.2) is 4.98 Å². The van der Waals surface area contributed by atoms with Gasteiger partial charge in [0.05, 0.1) is 23.3 Å². The lowest BCUT2D eigenvalue weighted by Crippen LogP contribution is -2.46. The molecule has 1 aromatic heterocycles. The summed E-state index contributed by atoms with van der Waals surface area (Å²) < 4.78 is 1.85. The molecule has 1 aliphatic heterocycles. The van der Waals surface area contributed by atoms with Gasteiger partial charge in [-0.3, -0.25) is 4.79 Å². The maximum absolute atomic E-state index is 12.7. The zero-order valence-electron chi connectivity index (χ0n) is 13.4. The fraction of sp³-hybridized carbons (Fsp3) is 0.412. The Bertz CT molecular complexity index is 681. The molecule has 1 saturated heterocycles. The molecule has 0 saturated carbocycles. The number of amides is 1. The summed E-state index contributed by atoms with van der Waals surface area (Å²) in [4.78, 5) is 19.2. The summed E-state index contributed by atoms with van der Waals surface area (Å²) in [6.45, 7) is 2.38. The van der Waals surface area contributed by atoms with Gasteiger partial charge in [0.25, 0.3) is 5.91 Å². The predicted molar refractivity (Wildman–Crippen MR) is 89.4 cm³/mol. The number of para-hydroxylation sites is 1. The Balaban J connectivity index is 1.80. The van der Waals surface area contributed by atoms with Crippen molar-refractivity contribution in [2.24, 2.45) is 5.73 Å². The van der Waals surface area contributed by atoms with Gasteiger partial charge in [-0.15, -0.1) is 0 Å². The average molecular weight is 313 g/mol. The van der Waals surface area contributed by atoms with Gasteiger partial charge >= 0.3 is 0 Å². The number of carbonyl (C=O) groups is 1. The van der Waals surface area contributed by atoms with Crippen molar-refractivity contribution in [3.8, 4) is 5.69 Å². The van der Waals surface area contributed by atoms with E-state index < -0.39 is 0 Å². The zero-order valence-corrected chi connectivity index (χ0v) is 13.4. The summed E-state index contributed by atoms with van der Waals surface area (Å²) in [6.07, 6.45) is 5.70. The van der Waals surface area contributed by atoms with E-state index >= 15 is 0 Å². The second-order valence-electron chi connectivity index (χ2n) is 6.07. The molecule has 1 aromatic carbocycles. The molecule has 1 fully saturated rings. The lowest BCUT2D eigenvalue weighted by molar-refractivity contribution is 0.0912. The van der Waals surface area contributed by atoms with Crippen LogP contribution in [-0.2, 0) is 6.54 Å². The van der Waals surface area contributed by atoms with E-state index in [-0.39, 0.29) is 11.9 Å². The van der Waals surface area contributed by atoms with Crippen LogP contribution in [0, 0.1) is 0 Å². The van der Waals surface area contributed by atoms with Crippen molar-refractivity contribution in [2.75, 3.05) is 20.1 Å². The number of benzene rings is 1. The van der Waals surface area contributed by atoms with Gasteiger partial charge in [-0.1, -0.05) is 12.1 Å². The molecule has 3 N–H and O–H groups in total. The maximum atomic E-state index is 12.7. The van der Waals surface area contributed by atoms with Crippen LogP contribution in [0.2, 0.25) is 0 Å². The third-order valence-corrected chi connectivity index (χ3v) is 4.23. The van der Waals surface area contributed by atoms with Crippen LogP contribution in [0.3, 0.4) is 0 Å². The summed E-state index contributed by atoms with van der Waals surface area (Å²) in [6, 6.07) is 7.77. The molecule has 0 unspecified atom stereocenters. The molecule has 23 heavy (non-hydrogen) atoms. The van der Waals surface area contributed by atoms with Gasteiger partial charge in [0.2, 0.25) is 0 Å². The first-order chi connectivity index (χ1) is 11.2. The number of carbonyl (C=O) groups excluding carboxylic acids is 1. The number of likely N-dealkylation sites (tertiary alicyclic amines) is 1. The van der Waals surface area contributed by atoms with Crippen LogP contribution in [0.4, 0.5) is 0 Å². The van der Waals surface area contributed by atoms with Crippen molar-refractivity contribution in [3.63, 3.8) is 0 Å². The molecule has 2 aromatic rings. The van der Waals surface area contributed by atoms with Crippen molar-refractivity contribution in [1.82, 2.24) is 19.8 Å². The summed E-state index contributed by atoms with van der Waals surface area (Å²) in [5.74, 6) is -0.0381. The van der Waals surface area contributed by atoms with Crippen LogP contribution in [-0.4, -0.2) is 46.5 Å². The molecule has 1 amide bonds. The molecule has 0 aliphatic carbocycles. The molecule has 1 aliphatic rings. The third kappa shape index (κ3) is 3.60. The topological polar surface area (TPSA) is 76.2 Å². The summed E-state index contributed by atoms with van der Waals surface area (Å²) in [5, 5.41) is 3.16. The lowest BCUT2D eigenvalue weighted by Gasteiger charge is -2.30. The number of piperidine rings is 1. The quantitative estimate of drug-likeness (QED) is 0.888. The molecule has 0 spiro atoms. The van der Waals surface area contributed by atoms with E-state index in [9.17, 15) is 4.79 Å². The minimum atomic E-state index is -0.0381. The highest BCUT2D eigenvalue weighted by Crippen LogP contribution is 2.16. The second-order valence-corrected chi connectivity index (χ2v) is 6.07. The van der Waals surface area contributed by atoms with E-state index in [2.05, 4.69) is 22.2 Å². The highest BCUT2D eigenvalue weighted by Gasteiger charge is 2.21. The molecule has 6 heteroatoms. The number of nitrogens with one attached hydrogen (secondary N) is 1. The molecule has 122 valence electrons. The standard InChI is InChI=1S/C17H23N5O/c1-21-8-4-5-13(10-21)20-17(23)15-6-2-3-7-16(15)22-11-14(9-18)19-12-22/h2-3,6-7,11-13H,4-5,8-10,18H2,1H3,(H,20,23)/t13-/m1/s1. The monoisotopic (exact) mass is 313 g/mol. The van der Waals surface area contributed by atoms with Crippen molar-refractivity contribution in [2.45, 2.75) is 25.4 Å². The predicted octanol–water partition coefficient (Wildman–Crippen LogP) is 1.15. The minimum Gasteiger partial charge on any atom is -0.348 e. The van der Waals surface area contributed by atoms with E-state index in [1.54, 1.807) is 6.33 Å². The van der Waals surface area contributed by atoms with Crippen molar-refractivity contribution in [3.05, 3.63) is 48.0 Å². The molecule has 3 rings (SSSR count). The smallest absolute Gasteiger partial charge is 0.253 e. The molecule has 2 heterocycles. The van der Waals surface area contributed by atoms with Crippen LogP contribution in [0.1, 0.15) is 28.9 Å². The SMILES string of the molecule is CN1CCC[C@@H](NC(=O)c2ccccc2-n2cnc(CN)c2)C1. The van der Waals surface area contributed by atoms with Crippen LogP contribution in [0.15, 0.2) is 36.8 Å². The summed E-state index contributed by atoms with van der Waals surface area (Å²) in [5.41, 5.74) is 7.89. The zero-order chi connectivity index (χ0) is 16.2. The number of likely N-dealkylation sites (N-methyl/N-ethyl adjacent to an activating group) is 1. The Morgan fingerprint density at radius 1 is 1.43 bits per heavy atom. The number of hydrogen-bond acceptors (Lipinski definition) is 4. The molecule has 6 nitrogen and oxygen atoms in total. The van der Waals surface area contributed by atoms with Gasteiger partial charge in [0.15, 0.2) is 0 Å². The largest absolute Gasteiger partial charge is 0.348 e. The van der Waals surface area contributed by atoms with Crippen LogP contribution in [0.25, 0.3) is 5.69 Å². The van der Waals surface area contributed by atoms with E-state index in [1.165, 1.54) is 0 Å². The number of nitrogens with two attached hydrogens (primary N) is 1. The van der Waals surface area contributed by atoms with E-state index in [4.69, 9.17) is 5.73 Å². The number of nitrogens with zero attached hydrogens (tertiary/aromatic N) is 3. The van der Waals surface area contributed by atoms with Crippen LogP contribution >= 0.6 is 0 Å². The summed E-state index contributed by atoms with van der Waals surface area (Å²) in [7, 11) is 2.09. The fourth-order valence-electron chi connectivity index (χ4n) is 3.04. The Morgan fingerprint density at radius 3 is 3.00 bits per heavy atom. The number of hydrogen-bond donors (Lipinski definition) is 2. The number of rotatable bonds is 4. The van der Waals surface area contributed by atoms with Gasteiger partial charge in [-0.2, -0.15) is 0 Å². The van der Waals surface area contributed by atoms with Gasteiger partial charge in [0.1, 0.15) is 0 Å². The molecule has 0 bridgehead atoms. The fourth-order valence-corrected chi connectivity index (χ4v) is 3.04. The Kier molecular flexibility index (Phi) is 4.73. The average Bonchev–Trinajstić information content (AvgIpc) is 3.04. The number of imidazole rings is 1. The Hall–Kier alpha value is -2.18. The minimum absolute atomic E-state index is 0.0381. The number of aromatic nitrogens is 2. The molecule has 1 atom stereocenters. The first-order valence-electron chi connectivity index (χ1n) is 7.99. The maximum Gasteiger partial charge on any atom is 0.253 e. The summed E-state index contributed by atoms with van der Waals surface area (Å²) >= 11 is 0. The van der Waals surface area contributed by atoms with Gasteiger partial charge in [0, 0.05) is 25.3 Å². The van der Waals surface area contributed by atoms with Crippen molar-refractivity contribution in [1.29, 1.82) is 0 Å².